The van der Waals surface area contributed by atoms with Gasteiger partial charge in [0.15, 0.2) is 11.5 Å². The Bertz CT molecular complexity index is 1460. The number of aliphatic hydroxyl groups is 1. The summed E-state index contributed by atoms with van der Waals surface area (Å²) in [4.78, 5) is 35.4. The number of nitrogens with zero attached hydrogens (tertiary/aromatic N) is 2. The molecule has 3 N–H and O–H groups in total. The summed E-state index contributed by atoms with van der Waals surface area (Å²) < 4.78 is 5.52. The number of phenols is 1. The first kappa shape index (κ1) is 22.5. The molecule has 1 fully saturated rings. The largest absolute Gasteiger partial charge is 0.507 e. The lowest BCUT2D eigenvalue weighted by atomic mass is 9.95. The van der Waals surface area contributed by atoms with E-state index in [2.05, 4.69) is 9.97 Å². The summed E-state index contributed by atoms with van der Waals surface area (Å²) in [6.45, 7) is 2.07. The molecular weight excluding hydrogens is 470 g/mol. The van der Waals surface area contributed by atoms with Crippen LogP contribution in [0.15, 0.2) is 72.3 Å². The van der Waals surface area contributed by atoms with Gasteiger partial charge in [-0.2, -0.15) is 0 Å². The predicted octanol–water partition coefficient (Wildman–Crippen LogP) is 4.95. The van der Waals surface area contributed by atoms with Gasteiger partial charge in [0, 0.05) is 10.6 Å². The van der Waals surface area contributed by atoms with Gasteiger partial charge >= 0.3 is 5.91 Å². The Morgan fingerprint density at radius 3 is 2.57 bits per heavy atom. The van der Waals surface area contributed by atoms with Gasteiger partial charge in [0.05, 0.1) is 29.3 Å². The normalized spacial score (nSPS) is 17.3. The Morgan fingerprint density at radius 1 is 1.11 bits per heavy atom. The molecule has 0 aliphatic carbocycles. The maximum absolute atomic E-state index is 13.3. The van der Waals surface area contributed by atoms with Gasteiger partial charge in [0.2, 0.25) is 5.95 Å². The molecule has 9 heteroatoms. The van der Waals surface area contributed by atoms with Gasteiger partial charge in [-0.3, -0.25) is 14.5 Å². The van der Waals surface area contributed by atoms with E-state index in [4.69, 9.17) is 16.3 Å². The number of amides is 1. The van der Waals surface area contributed by atoms with Crippen LogP contribution < -0.4 is 9.64 Å². The van der Waals surface area contributed by atoms with Crippen molar-refractivity contribution in [3.8, 4) is 11.5 Å². The number of rotatable bonds is 5. The first-order valence-corrected chi connectivity index (χ1v) is 11.2. The number of carbonyl (C=O) groups is 2. The fraction of sp³-hybridized carbons (Fsp3) is 0.115. The smallest absolute Gasteiger partial charge is 0.302 e. The van der Waals surface area contributed by atoms with Gasteiger partial charge in [-0.1, -0.05) is 29.8 Å². The molecule has 35 heavy (non-hydrogen) atoms. The van der Waals surface area contributed by atoms with Crippen LogP contribution in [0.4, 0.5) is 5.95 Å². The van der Waals surface area contributed by atoms with Gasteiger partial charge in [-0.05, 0) is 61.0 Å². The zero-order valence-electron chi connectivity index (χ0n) is 18.5. The van der Waals surface area contributed by atoms with Crippen molar-refractivity contribution >= 4 is 46.0 Å². The van der Waals surface area contributed by atoms with Gasteiger partial charge in [0.25, 0.3) is 5.78 Å². The van der Waals surface area contributed by atoms with E-state index < -0.39 is 17.7 Å². The molecule has 1 unspecified atom stereocenters. The van der Waals surface area contributed by atoms with Crippen LogP contribution in [0, 0.1) is 0 Å². The van der Waals surface area contributed by atoms with Crippen molar-refractivity contribution in [1.29, 1.82) is 0 Å². The first-order chi connectivity index (χ1) is 16.9. The van der Waals surface area contributed by atoms with E-state index in [-0.39, 0.29) is 28.8 Å². The zero-order valence-corrected chi connectivity index (χ0v) is 19.3. The molecule has 5 rings (SSSR count). The summed E-state index contributed by atoms with van der Waals surface area (Å²) in [6, 6.07) is 17.0. The number of imidazole rings is 1. The number of aromatic amines is 1. The number of aromatic hydroxyl groups is 1. The highest BCUT2D eigenvalue weighted by molar-refractivity contribution is 6.51. The molecule has 1 amide bonds. The number of ketones is 1. The van der Waals surface area contributed by atoms with Crippen LogP contribution >= 0.6 is 11.6 Å². The number of carbonyl (C=O) groups excluding carboxylic acids is 2. The minimum Gasteiger partial charge on any atom is -0.507 e. The van der Waals surface area contributed by atoms with E-state index in [0.29, 0.717) is 33.8 Å². The molecule has 1 atom stereocenters. The number of aromatic nitrogens is 2. The molecule has 1 aliphatic heterocycles. The number of H-pyrrole nitrogens is 1. The van der Waals surface area contributed by atoms with Crippen LogP contribution in [-0.4, -0.2) is 38.5 Å². The number of para-hydroxylation sites is 2. The minimum atomic E-state index is -1.04. The van der Waals surface area contributed by atoms with Gasteiger partial charge in [-0.15, -0.1) is 0 Å². The van der Waals surface area contributed by atoms with Crippen molar-refractivity contribution in [2.45, 2.75) is 13.0 Å². The second-order valence-electron chi connectivity index (χ2n) is 7.91. The van der Waals surface area contributed by atoms with Crippen molar-refractivity contribution in [2.75, 3.05) is 11.5 Å². The summed E-state index contributed by atoms with van der Waals surface area (Å²) >= 11 is 5.98. The Balaban J connectivity index is 1.74. The summed E-state index contributed by atoms with van der Waals surface area (Å²) in [6.07, 6.45) is 0. The van der Waals surface area contributed by atoms with Crippen LogP contribution in [0.25, 0.3) is 16.8 Å². The molecule has 0 saturated carbocycles. The number of benzene rings is 3. The van der Waals surface area contributed by atoms with Crippen molar-refractivity contribution in [3.63, 3.8) is 0 Å². The lowest BCUT2D eigenvalue weighted by molar-refractivity contribution is -0.132. The number of halogens is 1. The SMILES string of the molecule is CCOc1cc(C2/C(=C(\O)c3ccc(Cl)cc3)C(=O)C(=O)N2c2nc3ccccc3[nH]2)ccc1O. The first-order valence-electron chi connectivity index (χ1n) is 10.9. The van der Waals surface area contributed by atoms with Gasteiger partial charge < -0.3 is 19.9 Å². The number of nitrogens with one attached hydrogen (secondary N) is 1. The third kappa shape index (κ3) is 3.87. The van der Waals surface area contributed by atoms with E-state index in [1.54, 1.807) is 55.5 Å². The topological polar surface area (TPSA) is 116 Å². The number of anilines is 1. The molecule has 8 nitrogen and oxygen atoms in total. The number of aliphatic hydroxyl groups excluding tert-OH is 1. The average Bonchev–Trinajstić information content (AvgIpc) is 3.39. The Kier molecular flexibility index (Phi) is 5.66. The molecule has 0 radical (unpaired) electrons. The second-order valence-corrected chi connectivity index (χ2v) is 8.35. The number of ether oxygens (including phenoxy) is 1. The Labute approximate surface area is 205 Å². The Hall–Kier alpha value is -4.30. The number of hydrogen-bond donors (Lipinski definition) is 3. The molecule has 176 valence electrons. The lowest BCUT2D eigenvalue weighted by Gasteiger charge is -2.23. The number of phenolic OH excluding ortho intramolecular Hbond substituents is 1. The number of hydrogen-bond acceptors (Lipinski definition) is 6. The van der Waals surface area contributed by atoms with E-state index in [9.17, 15) is 19.8 Å². The van der Waals surface area contributed by atoms with E-state index >= 15 is 0 Å². The van der Waals surface area contributed by atoms with E-state index in [1.807, 2.05) is 12.1 Å². The fourth-order valence-electron chi connectivity index (χ4n) is 4.15. The molecule has 1 saturated heterocycles. The van der Waals surface area contributed by atoms with E-state index in [1.165, 1.54) is 11.0 Å². The molecule has 4 aromatic rings. The summed E-state index contributed by atoms with van der Waals surface area (Å²) in [5.41, 5.74) is 1.95. The minimum absolute atomic E-state index is 0.0889. The van der Waals surface area contributed by atoms with Crippen molar-refractivity contribution < 1.29 is 24.5 Å². The molecular formula is C26H20ClN3O5. The molecule has 2 heterocycles. The highest BCUT2D eigenvalue weighted by Gasteiger charge is 2.48. The molecule has 1 aromatic heterocycles. The monoisotopic (exact) mass is 489 g/mol. The van der Waals surface area contributed by atoms with Crippen LogP contribution in [-0.2, 0) is 9.59 Å². The number of Topliss-reactive ketones (excluding diaryl/α,β-unsaturated/α-hetero) is 1. The summed E-state index contributed by atoms with van der Waals surface area (Å²) in [5.74, 6) is -1.82. The van der Waals surface area contributed by atoms with Crippen LogP contribution in [0.2, 0.25) is 5.02 Å². The van der Waals surface area contributed by atoms with Crippen molar-refractivity contribution in [2.24, 2.45) is 0 Å². The highest BCUT2D eigenvalue weighted by atomic mass is 35.5. The third-order valence-corrected chi connectivity index (χ3v) is 6.02. The zero-order chi connectivity index (χ0) is 24.7. The van der Waals surface area contributed by atoms with Crippen molar-refractivity contribution in [1.82, 2.24) is 9.97 Å². The van der Waals surface area contributed by atoms with Crippen molar-refractivity contribution in [3.05, 3.63) is 88.5 Å². The molecule has 0 bridgehead atoms. The average molecular weight is 490 g/mol. The lowest BCUT2D eigenvalue weighted by Crippen LogP contribution is -2.30. The van der Waals surface area contributed by atoms with Crippen LogP contribution in [0.3, 0.4) is 0 Å². The highest BCUT2D eigenvalue weighted by Crippen LogP contribution is 2.43. The summed E-state index contributed by atoms with van der Waals surface area (Å²) in [5, 5.41) is 21.9. The van der Waals surface area contributed by atoms with E-state index in [0.717, 1.165) is 0 Å². The fourth-order valence-corrected chi connectivity index (χ4v) is 4.28. The quantitative estimate of drug-likeness (QED) is 0.207. The molecule has 3 aromatic carbocycles. The second kappa shape index (κ2) is 8.81. The van der Waals surface area contributed by atoms with Crippen LogP contribution in [0.1, 0.15) is 24.1 Å². The van der Waals surface area contributed by atoms with Gasteiger partial charge in [-0.25, -0.2) is 4.98 Å². The number of fused-ring (bicyclic) bond motifs is 1. The maximum Gasteiger partial charge on any atom is 0.302 e. The Morgan fingerprint density at radius 2 is 1.86 bits per heavy atom. The summed E-state index contributed by atoms with van der Waals surface area (Å²) in [7, 11) is 0. The molecule has 1 aliphatic rings. The predicted molar refractivity (Wildman–Crippen MR) is 132 cm³/mol. The molecule has 0 spiro atoms. The standard InChI is InChI=1S/C26H20ClN3O5/c1-2-35-20-13-15(9-12-19(20)31)22-21(23(32)14-7-10-16(27)11-8-14)24(33)25(34)30(22)26-28-17-5-3-4-6-18(17)29-26/h3-13,22,31-32H,2H2,1H3,(H,28,29)/b23-21+. The third-order valence-electron chi connectivity index (χ3n) is 5.77. The van der Waals surface area contributed by atoms with Crippen LogP contribution in [0.5, 0.6) is 11.5 Å². The van der Waals surface area contributed by atoms with Gasteiger partial charge in [0.1, 0.15) is 5.76 Å². The maximum atomic E-state index is 13.3.